The van der Waals surface area contributed by atoms with Gasteiger partial charge in [-0.25, -0.2) is 14.2 Å². The summed E-state index contributed by atoms with van der Waals surface area (Å²) < 4.78 is 14.6. The molecule has 7 heteroatoms. The maximum absolute atomic E-state index is 14.6. The molecule has 152 valence electrons. The molecule has 1 aliphatic heterocycles. The molecule has 1 aliphatic rings. The van der Waals surface area contributed by atoms with Crippen molar-refractivity contribution < 1.29 is 14.0 Å². The van der Waals surface area contributed by atoms with E-state index in [1.165, 1.54) is 11.0 Å². The molecule has 6 nitrogen and oxygen atoms in total. The number of hydrogen-bond acceptors (Lipinski definition) is 3. The Bertz CT molecular complexity index is 944. The van der Waals surface area contributed by atoms with Crippen molar-refractivity contribution >= 4 is 23.3 Å². The van der Waals surface area contributed by atoms with Crippen molar-refractivity contribution in [3.8, 4) is 0 Å². The Balaban J connectivity index is 1.99. The summed E-state index contributed by atoms with van der Waals surface area (Å²) >= 11 is 0. The van der Waals surface area contributed by atoms with E-state index in [4.69, 9.17) is 0 Å². The standard InChI is InChI=1S/C22H25FN4O2/c1-4-14(2)13-24-22(29)26-20-21(28)27(3)18-12-8-6-10-16(18)19(25-20)15-9-5-7-11-17(15)23/h5-12,14,20H,4,13H2,1-3H3,(H2,24,26,29). The minimum Gasteiger partial charge on any atom is -0.338 e. The highest BCUT2D eigenvalue weighted by molar-refractivity contribution is 6.20. The Morgan fingerprint density at radius 1 is 1.17 bits per heavy atom. The van der Waals surface area contributed by atoms with Crippen LogP contribution in [0.15, 0.2) is 53.5 Å². The van der Waals surface area contributed by atoms with Crippen LogP contribution in [-0.2, 0) is 4.79 Å². The van der Waals surface area contributed by atoms with Crippen molar-refractivity contribution in [1.29, 1.82) is 0 Å². The molecule has 2 N–H and O–H groups in total. The molecule has 1 heterocycles. The summed E-state index contributed by atoms with van der Waals surface area (Å²) in [5.41, 5.74) is 1.82. The largest absolute Gasteiger partial charge is 0.338 e. The number of amides is 3. The predicted octanol–water partition coefficient (Wildman–Crippen LogP) is 3.31. The lowest BCUT2D eigenvalue weighted by molar-refractivity contribution is -0.119. The Morgan fingerprint density at radius 3 is 2.52 bits per heavy atom. The molecule has 0 spiro atoms. The van der Waals surface area contributed by atoms with Crippen LogP contribution in [0.3, 0.4) is 0 Å². The highest BCUT2D eigenvalue weighted by atomic mass is 19.1. The Labute approximate surface area is 169 Å². The number of benzene rings is 2. The molecule has 2 aromatic rings. The van der Waals surface area contributed by atoms with E-state index in [0.717, 1.165) is 6.42 Å². The van der Waals surface area contributed by atoms with E-state index in [0.29, 0.717) is 29.4 Å². The molecule has 0 fully saturated rings. The van der Waals surface area contributed by atoms with Gasteiger partial charge in [0.2, 0.25) is 6.17 Å². The molecule has 0 saturated carbocycles. The lowest BCUT2D eigenvalue weighted by Crippen LogP contribution is -2.50. The van der Waals surface area contributed by atoms with Crippen molar-refractivity contribution in [2.24, 2.45) is 10.9 Å². The lowest BCUT2D eigenvalue weighted by atomic mass is 10.00. The fourth-order valence-corrected chi connectivity index (χ4v) is 3.07. The number of nitrogens with one attached hydrogen (secondary N) is 2. The molecule has 0 saturated heterocycles. The van der Waals surface area contributed by atoms with E-state index in [9.17, 15) is 14.0 Å². The molecule has 2 unspecified atom stereocenters. The summed E-state index contributed by atoms with van der Waals surface area (Å²) in [6, 6.07) is 12.9. The monoisotopic (exact) mass is 396 g/mol. The molecule has 2 atom stereocenters. The smallest absolute Gasteiger partial charge is 0.316 e. The molecular formula is C22H25FN4O2. The zero-order valence-corrected chi connectivity index (χ0v) is 16.8. The number of aliphatic imine (C=N–C) groups is 1. The third-order valence-electron chi connectivity index (χ3n) is 5.05. The lowest BCUT2D eigenvalue weighted by Gasteiger charge is -2.21. The molecule has 0 radical (unpaired) electrons. The Morgan fingerprint density at radius 2 is 1.83 bits per heavy atom. The summed E-state index contributed by atoms with van der Waals surface area (Å²) in [6.45, 7) is 4.55. The number of urea groups is 1. The maximum Gasteiger partial charge on any atom is 0.316 e. The first-order chi connectivity index (χ1) is 13.9. The van der Waals surface area contributed by atoms with Crippen LogP contribution in [0.25, 0.3) is 0 Å². The van der Waals surface area contributed by atoms with Gasteiger partial charge in [0.25, 0.3) is 5.91 Å². The fourth-order valence-electron chi connectivity index (χ4n) is 3.07. The topological polar surface area (TPSA) is 73.8 Å². The van der Waals surface area contributed by atoms with Crippen LogP contribution in [-0.4, -0.2) is 37.4 Å². The second kappa shape index (κ2) is 8.86. The Kier molecular flexibility index (Phi) is 6.26. The van der Waals surface area contributed by atoms with E-state index >= 15 is 0 Å². The van der Waals surface area contributed by atoms with Gasteiger partial charge in [0.15, 0.2) is 0 Å². The van der Waals surface area contributed by atoms with Crippen LogP contribution in [0.5, 0.6) is 0 Å². The zero-order valence-electron chi connectivity index (χ0n) is 16.8. The van der Waals surface area contributed by atoms with Crippen LogP contribution in [0.2, 0.25) is 0 Å². The zero-order chi connectivity index (χ0) is 21.0. The molecular weight excluding hydrogens is 371 g/mol. The maximum atomic E-state index is 14.6. The number of anilines is 1. The molecule has 0 aliphatic carbocycles. The molecule has 0 aromatic heterocycles. The van der Waals surface area contributed by atoms with Crippen LogP contribution in [0.4, 0.5) is 14.9 Å². The number of carbonyl (C=O) groups is 2. The van der Waals surface area contributed by atoms with Crippen LogP contribution < -0.4 is 15.5 Å². The second-order valence-corrected chi connectivity index (χ2v) is 7.14. The number of para-hydroxylation sites is 1. The van der Waals surface area contributed by atoms with Gasteiger partial charge in [-0.2, -0.15) is 0 Å². The van der Waals surface area contributed by atoms with Gasteiger partial charge >= 0.3 is 6.03 Å². The third-order valence-corrected chi connectivity index (χ3v) is 5.05. The van der Waals surface area contributed by atoms with Gasteiger partial charge in [-0.05, 0) is 24.1 Å². The van der Waals surface area contributed by atoms with Gasteiger partial charge < -0.3 is 15.5 Å². The van der Waals surface area contributed by atoms with Gasteiger partial charge in [-0.1, -0.05) is 50.6 Å². The SMILES string of the molecule is CCC(C)CNC(=O)NC1N=C(c2ccccc2F)c2ccccc2N(C)C1=O. The predicted molar refractivity (Wildman–Crippen MR) is 112 cm³/mol. The van der Waals surface area contributed by atoms with Gasteiger partial charge in [0.05, 0.1) is 11.4 Å². The van der Waals surface area contributed by atoms with E-state index < -0.39 is 23.9 Å². The Hall–Kier alpha value is -3.22. The molecule has 0 bridgehead atoms. The number of likely N-dealkylation sites (N-methyl/N-ethyl adjacent to an activating group) is 1. The number of fused-ring (bicyclic) bond motifs is 1. The summed E-state index contributed by atoms with van der Waals surface area (Å²) in [7, 11) is 1.62. The average molecular weight is 396 g/mol. The molecule has 2 aromatic carbocycles. The number of carbonyl (C=O) groups excluding carboxylic acids is 2. The summed E-state index contributed by atoms with van der Waals surface area (Å²) in [5.74, 6) is -0.532. The van der Waals surface area contributed by atoms with Gasteiger partial charge in [-0.3, -0.25) is 4.79 Å². The van der Waals surface area contributed by atoms with E-state index in [2.05, 4.69) is 15.6 Å². The first-order valence-corrected chi connectivity index (χ1v) is 9.66. The van der Waals surface area contributed by atoms with Crippen molar-refractivity contribution in [2.75, 3.05) is 18.5 Å². The highest BCUT2D eigenvalue weighted by Crippen LogP contribution is 2.27. The quantitative estimate of drug-likeness (QED) is 0.814. The number of halogens is 1. The van der Waals surface area contributed by atoms with E-state index in [1.54, 1.807) is 49.5 Å². The van der Waals surface area contributed by atoms with Gasteiger partial charge in [0, 0.05) is 24.7 Å². The second-order valence-electron chi connectivity index (χ2n) is 7.14. The third kappa shape index (κ3) is 4.45. The number of hydrogen-bond donors (Lipinski definition) is 2. The first-order valence-electron chi connectivity index (χ1n) is 9.66. The van der Waals surface area contributed by atoms with E-state index in [-0.39, 0.29) is 5.56 Å². The van der Waals surface area contributed by atoms with Crippen molar-refractivity contribution in [2.45, 2.75) is 26.4 Å². The molecule has 3 rings (SSSR count). The van der Waals surface area contributed by atoms with Gasteiger partial charge in [0.1, 0.15) is 5.82 Å². The summed E-state index contributed by atoms with van der Waals surface area (Å²) in [5, 5.41) is 5.38. The van der Waals surface area contributed by atoms with Crippen LogP contribution >= 0.6 is 0 Å². The first kappa shape index (κ1) is 20.5. The minimum absolute atomic E-state index is 0.273. The van der Waals surface area contributed by atoms with Gasteiger partial charge in [-0.15, -0.1) is 0 Å². The fraction of sp³-hybridized carbons (Fsp3) is 0.318. The minimum atomic E-state index is -1.17. The summed E-state index contributed by atoms with van der Waals surface area (Å²) in [4.78, 5) is 31.2. The number of nitrogens with zero attached hydrogens (tertiary/aromatic N) is 2. The highest BCUT2D eigenvalue weighted by Gasteiger charge is 2.31. The molecule has 29 heavy (non-hydrogen) atoms. The molecule has 3 amide bonds. The van der Waals surface area contributed by atoms with Crippen LogP contribution in [0, 0.1) is 11.7 Å². The van der Waals surface area contributed by atoms with Crippen molar-refractivity contribution in [3.05, 3.63) is 65.5 Å². The number of benzodiazepines with no additional fused rings is 1. The van der Waals surface area contributed by atoms with Crippen molar-refractivity contribution in [1.82, 2.24) is 10.6 Å². The normalized spacial score (nSPS) is 17.1. The van der Waals surface area contributed by atoms with Crippen molar-refractivity contribution in [3.63, 3.8) is 0 Å². The average Bonchev–Trinajstić information content (AvgIpc) is 2.83. The number of rotatable bonds is 5. The van der Waals surface area contributed by atoms with E-state index in [1.807, 2.05) is 13.8 Å². The van der Waals surface area contributed by atoms with Crippen LogP contribution in [0.1, 0.15) is 31.4 Å². The summed E-state index contributed by atoms with van der Waals surface area (Å²) in [6.07, 6.45) is -0.241.